The lowest BCUT2D eigenvalue weighted by atomic mass is 9.58. The molecule has 35 heavy (non-hydrogen) atoms. The largest absolute Gasteiger partial charge is 0.435 e. The number of ether oxygens (including phenoxy) is 3. The van der Waals surface area contributed by atoms with E-state index in [4.69, 9.17) is 24.0 Å². The summed E-state index contributed by atoms with van der Waals surface area (Å²) in [5.74, 6) is -0.750. The first kappa shape index (κ1) is 24.7. The van der Waals surface area contributed by atoms with E-state index in [0.29, 0.717) is 12.5 Å². The van der Waals surface area contributed by atoms with Gasteiger partial charge in [0.05, 0.1) is 6.42 Å². The molecule has 192 valence electrons. The summed E-state index contributed by atoms with van der Waals surface area (Å²) < 4.78 is 18.3. The van der Waals surface area contributed by atoms with Gasteiger partial charge < -0.3 is 19.5 Å². The fourth-order valence-corrected chi connectivity index (χ4v) is 6.49. The van der Waals surface area contributed by atoms with Crippen molar-refractivity contribution in [2.75, 3.05) is 6.54 Å². The smallest absolute Gasteiger partial charge is 0.308 e. The molecule has 1 amide bonds. The maximum absolute atomic E-state index is 12.7. The Kier molecular flexibility index (Phi) is 6.92. The number of carbonyl (C=O) groups is 2. The van der Waals surface area contributed by atoms with Gasteiger partial charge in [0.2, 0.25) is 18.0 Å². The Labute approximate surface area is 206 Å². The van der Waals surface area contributed by atoms with Crippen LogP contribution in [0.1, 0.15) is 64.9 Å². The second-order valence-electron chi connectivity index (χ2n) is 10.8. The molecular formula is C27H37NO7. The molecule has 5 fully saturated rings. The molecule has 4 heterocycles. The molecule has 0 unspecified atom stereocenters. The average Bonchev–Trinajstić information content (AvgIpc) is 3.07. The molecule has 1 aromatic rings. The van der Waals surface area contributed by atoms with Crippen LogP contribution in [0.4, 0.5) is 0 Å². The third kappa shape index (κ3) is 4.73. The summed E-state index contributed by atoms with van der Waals surface area (Å²) in [6.45, 7) is 6.71. The van der Waals surface area contributed by atoms with Crippen molar-refractivity contribution >= 4 is 11.9 Å². The Bertz CT molecular complexity index is 925. The summed E-state index contributed by atoms with van der Waals surface area (Å²) in [7, 11) is 0. The summed E-state index contributed by atoms with van der Waals surface area (Å²) in [6.07, 6.45) is 3.12. The van der Waals surface area contributed by atoms with Crippen molar-refractivity contribution in [2.45, 2.75) is 89.7 Å². The summed E-state index contributed by atoms with van der Waals surface area (Å²) >= 11 is 0. The lowest BCUT2D eigenvalue weighted by molar-refractivity contribution is -0.576. The van der Waals surface area contributed by atoms with Gasteiger partial charge in [0.1, 0.15) is 0 Å². The van der Waals surface area contributed by atoms with Crippen LogP contribution in [0.5, 0.6) is 0 Å². The van der Waals surface area contributed by atoms with Gasteiger partial charge >= 0.3 is 5.97 Å². The molecule has 0 aromatic heterocycles. The molecule has 1 N–H and O–H groups in total. The molecule has 1 saturated carbocycles. The Morgan fingerprint density at radius 1 is 1.06 bits per heavy atom. The number of benzene rings is 1. The van der Waals surface area contributed by atoms with Gasteiger partial charge in [-0.15, -0.1) is 0 Å². The number of hydrogen-bond acceptors (Lipinski definition) is 7. The van der Waals surface area contributed by atoms with E-state index in [1.807, 2.05) is 44.2 Å². The van der Waals surface area contributed by atoms with E-state index in [-0.39, 0.29) is 36.5 Å². The summed E-state index contributed by atoms with van der Waals surface area (Å²) in [6, 6.07) is 9.96. The molecule has 2 bridgehead atoms. The van der Waals surface area contributed by atoms with Gasteiger partial charge in [-0.25, -0.2) is 9.78 Å². The third-order valence-electron chi connectivity index (χ3n) is 8.48. The Morgan fingerprint density at radius 3 is 2.66 bits per heavy atom. The Balaban J connectivity index is 1.16. The molecule has 1 aliphatic carbocycles. The fourth-order valence-electron chi connectivity index (χ4n) is 6.49. The number of nitrogens with one attached hydrogen (secondary N) is 1. The molecule has 1 spiro atoms. The first-order valence-electron chi connectivity index (χ1n) is 13.0. The molecule has 4 saturated heterocycles. The van der Waals surface area contributed by atoms with Crippen LogP contribution in [0.15, 0.2) is 30.3 Å². The molecule has 4 aliphatic heterocycles. The minimum atomic E-state index is -0.871. The SMILES string of the molecule is C[C@H]1[C@H](OC(=O)CCC(=O)NCCc2ccccc2)O[C@H]2O[C@@]3(C)CC[C@H]4[C@@H](C)CC[C@H]1[C@]24OO3. The van der Waals surface area contributed by atoms with Crippen LogP contribution in [0.3, 0.4) is 0 Å². The monoisotopic (exact) mass is 487 g/mol. The third-order valence-corrected chi connectivity index (χ3v) is 8.48. The number of esters is 1. The lowest BCUT2D eigenvalue weighted by Gasteiger charge is -2.59. The van der Waals surface area contributed by atoms with E-state index in [9.17, 15) is 9.59 Å². The Morgan fingerprint density at radius 2 is 1.86 bits per heavy atom. The summed E-state index contributed by atoms with van der Waals surface area (Å²) in [5.41, 5.74) is 0.472. The average molecular weight is 488 g/mol. The molecule has 1 aromatic carbocycles. The zero-order valence-electron chi connectivity index (χ0n) is 20.9. The molecule has 0 radical (unpaired) electrons. The topological polar surface area (TPSA) is 92.3 Å². The van der Waals surface area contributed by atoms with E-state index < -0.39 is 29.9 Å². The van der Waals surface area contributed by atoms with Crippen LogP contribution in [0, 0.1) is 23.7 Å². The van der Waals surface area contributed by atoms with E-state index in [0.717, 1.165) is 37.7 Å². The maximum Gasteiger partial charge on any atom is 0.308 e. The minimum absolute atomic E-state index is 0.00205. The first-order chi connectivity index (χ1) is 16.8. The van der Waals surface area contributed by atoms with Crippen molar-refractivity contribution in [2.24, 2.45) is 23.7 Å². The van der Waals surface area contributed by atoms with Crippen molar-refractivity contribution in [3.8, 4) is 0 Å². The van der Waals surface area contributed by atoms with Gasteiger partial charge in [0.25, 0.3) is 0 Å². The van der Waals surface area contributed by atoms with Crippen LogP contribution in [-0.4, -0.2) is 42.4 Å². The molecule has 5 aliphatic rings. The number of hydrogen-bond donors (Lipinski definition) is 1. The van der Waals surface area contributed by atoms with Gasteiger partial charge in [-0.2, -0.15) is 0 Å². The van der Waals surface area contributed by atoms with Crippen LogP contribution in [-0.2, 0) is 40.0 Å². The number of rotatable bonds is 7. The highest BCUT2D eigenvalue weighted by atomic mass is 17.3. The van der Waals surface area contributed by atoms with E-state index in [1.165, 1.54) is 0 Å². The second kappa shape index (κ2) is 9.81. The van der Waals surface area contributed by atoms with E-state index >= 15 is 0 Å². The standard InChI is InChI=1S/C27H37NO7/c1-17-9-10-21-18(2)24(32-25-27(21)20(17)13-15-26(3,33-25)34-35-27)31-23(30)12-11-22(29)28-16-14-19-7-5-4-6-8-19/h4-8,17-18,20-21,24-25H,9-16H2,1-3H3,(H,28,29)/t17-,18+,20-,21+,24+,25-,26+,27-/m0/s1. The van der Waals surface area contributed by atoms with Gasteiger partial charge in [0, 0.05) is 31.2 Å². The molecule has 6 rings (SSSR count). The predicted octanol–water partition coefficient (Wildman–Crippen LogP) is 3.88. The van der Waals surface area contributed by atoms with Crippen molar-refractivity contribution in [3.05, 3.63) is 35.9 Å². The Hall–Kier alpha value is -2.00. The van der Waals surface area contributed by atoms with Crippen LogP contribution in [0.25, 0.3) is 0 Å². The molecular weight excluding hydrogens is 450 g/mol. The van der Waals surface area contributed by atoms with Crippen LogP contribution >= 0.6 is 0 Å². The van der Waals surface area contributed by atoms with Crippen molar-refractivity contribution in [3.63, 3.8) is 0 Å². The number of carbonyl (C=O) groups excluding carboxylic acids is 2. The maximum atomic E-state index is 12.7. The van der Waals surface area contributed by atoms with Gasteiger partial charge in [-0.1, -0.05) is 44.2 Å². The van der Waals surface area contributed by atoms with Crippen LogP contribution < -0.4 is 5.32 Å². The zero-order chi connectivity index (χ0) is 24.6. The highest BCUT2D eigenvalue weighted by Gasteiger charge is 2.69. The van der Waals surface area contributed by atoms with Gasteiger partial charge in [0.15, 0.2) is 11.9 Å². The quantitative estimate of drug-likeness (QED) is 0.461. The fraction of sp³-hybridized carbons (Fsp3) is 0.704. The van der Waals surface area contributed by atoms with Crippen LogP contribution in [0.2, 0.25) is 0 Å². The molecule has 8 atom stereocenters. The highest BCUT2D eigenvalue weighted by molar-refractivity contribution is 5.81. The van der Waals surface area contributed by atoms with E-state index in [2.05, 4.69) is 12.2 Å². The minimum Gasteiger partial charge on any atom is -0.435 e. The highest BCUT2D eigenvalue weighted by Crippen LogP contribution is 2.60. The number of fused-ring (bicyclic) bond motifs is 2. The first-order valence-corrected chi connectivity index (χ1v) is 13.0. The number of amides is 1. The summed E-state index contributed by atoms with van der Waals surface area (Å²) in [4.78, 5) is 36.8. The van der Waals surface area contributed by atoms with Crippen molar-refractivity contribution in [1.82, 2.24) is 5.32 Å². The predicted molar refractivity (Wildman–Crippen MR) is 125 cm³/mol. The molecule has 8 nitrogen and oxygen atoms in total. The van der Waals surface area contributed by atoms with Gasteiger partial charge in [-0.05, 0) is 50.0 Å². The second-order valence-corrected chi connectivity index (χ2v) is 10.8. The normalized spacial score (nSPS) is 39.9. The lowest BCUT2D eigenvalue weighted by Crippen LogP contribution is -2.70. The van der Waals surface area contributed by atoms with Crippen molar-refractivity contribution in [1.29, 1.82) is 0 Å². The zero-order valence-corrected chi connectivity index (χ0v) is 20.9. The van der Waals surface area contributed by atoms with Crippen molar-refractivity contribution < 1.29 is 33.6 Å². The molecule has 8 heteroatoms. The van der Waals surface area contributed by atoms with Gasteiger partial charge in [-0.3, -0.25) is 9.59 Å². The summed E-state index contributed by atoms with van der Waals surface area (Å²) in [5, 5.41) is 2.87. The van der Waals surface area contributed by atoms with E-state index in [1.54, 1.807) is 0 Å².